The zero-order chi connectivity index (χ0) is 45.1. The van der Waals surface area contributed by atoms with E-state index in [0.29, 0.717) is 19.3 Å². The minimum Gasteiger partial charge on any atom is -0.462 e. The third kappa shape index (κ3) is 49.2. The van der Waals surface area contributed by atoms with Crippen LogP contribution < -0.4 is 0 Å². The predicted molar refractivity (Wildman–Crippen MR) is 266 cm³/mol. The molecule has 0 aliphatic rings. The molecule has 0 aromatic heterocycles. The molecular weight excluding hydrogens is 769 g/mol. The first kappa shape index (κ1) is 60.2. The van der Waals surface area contributed by atoms with Gasteiger partial charge in [0.25, 0.3) is 0 Å². The van der Waals surface area contributed by atoms with Crippen molar-refractivity contribution >= 4 is 17.9 Å². The van der Waals surface area contributed by atoms with Gasteiger partial charge in [-0.25, -0.2) is 0 Å². The average Bonchev–Trinajstić information content (AvgIpc) is 3.27. The van der Waals surface area contributed by atoms with Gasteiger partial charge in [-0.05, 0) is 44.9 Å². The van der Waals surface area contributed by atoms with Crippen molar-refractivity contribution in [3.8, 4) is 0 Å². The lowest BCUT2D eigenvalue weighted by Gasteiger charge is -2.18. The van der Waals surface area contributed by atoms with Crippen LogP contribution in [-0.4, -0.2) is 37.2 Å². The highest BCUT2D eigenvalue weighted by Gasteiger charge is 2.19. The predicted octanol–water partition coefficient (Wildman–Crippen LogP) is 18.2. The molecular formula is C56H106O6. The molecule has 0 aromatic carbocycles. The van der Waals surface area contributed by atoms with E-state index >= 15 is 0 Å². The van der Waals surface area contributed by atoms with E-state index in [1.165, 1.54) is 205 Å². The summed E-state index contributed by atoms with van der Waals surface area (Å²) in [7, 11) is 0. The van der Waals surface area contributed by atoms with Crippen molar-refractivity contribution in [3.63, 3.8) is 0 Å². The molecule has 0 saturated carbocycles. The molecule has 0 rings (SSSR count). The Morgan fingerprint density at radius 1 is 0.306 bits per heavy atom. The van der Waals surface area contributed by atoms with Gasteiger partial charge in [-0.2, -0.15) is 0 Å². The maximum atomic E-state index is 12.8. The Balaban J connectivity index is 4.33. The highest BCUT2D eigenvalue weighted by molar-refractivity contribution is 5.71. The molecule has 6 nitrogen and oxygen atoms in total. The smallest absolute Gasteiger partial charge is 0.306 e. The first-order chi connectivity index (χ1) is 30.5. The lowest BCUT2D eigenvalue weighted by atomic mass is 10.0. The van der Waals surface area contributed by atoms with E-state index in [-0.39, 0.29) is 31.1 Å². The van der Waals surface area contributed by atoms with Crippen LogP contribution in [0.5, 0.6) is 0 Å². The van der Waals surface area contributed by atoms with Gasteiger partial charge in [-0.15, -0.1) is 0 Å². The van der Waals surface area contributed by atoms with E-state index < -0.39 is 6.10 Å². The first-order valence-electron chi connectivity index (χ1n) is 27.7. The van der Waals surface area contributed by atoms with Crippen molar-refractivity contribution in [2.45, 2.75) is 316 Å². The Bertz CT molecular complexity index is 962. The molecule has 0 aliphatic carbocycles. The van der Waals surface area contributed by atoms with Crippen LogP contribution >= 0.6 is 0 Å². The van der Waals surface area contributed by atoms with Crippen molar-refractivity contribution in [2.24, 2.45) is 0 Å². The quantitative estimate of drug-likeness (QED) is 0.0262. The number of carbonyl (C=O) groups excluding carboxylic acids is 3. The van der Waals surface area contributed by atoms with E-state index in [0.717, 1.165) is 64.2 Å². The number of rotatable bonds is 51. The lowest BCUT2D eigenvalue weighted by Crippen LogP contribution is -2.30. The van der Waals surface area contributed by atoms with Crippen molar-refractivity contribution in [1.29, 1.82) is 0 Å². The molecule has 0 heterocycles. The molecule has 0 spiro atoms. The van der Waals surface area contributed by atoms with Gasteiger partial charge < -0.3 is 14.2 Å². The van der Waals surface area contributed by atoms with Gasteiger partial charge in [0.15, 0.2) is 6.10 Å². The summed E-state index contributed by atoms with van der Waals surface area (Å²) in [6.45, 7) is 6.67. The third-order valence-corrected chi connectivity index (χ3v) is 12.5. The molecule has 0 bridgehead atoms. The van der Waals surface area contributed by atoms with Gasteiger partial charge in [0.1, 0.15) is 13.2 Å². The maximum absolute atomic E-state index is 12.8. The minimum absolute atomic E-state index is 0.0667. The first-order valence-corrected chi connectivity index (χ1v) is 27.7. The molecule has 6 heteroatoms. The SMILES string of the molecule is CCCCCCCCC=CCCCCCCCC(=O)OCC(COC(=O)CCCCCCCCCCCCCCCC)OC(=O)CCCCCCCCCCCCCCCCC. The van der Waals surface area contributed by atoms with Crippen molar-refractivity contribution in [3.05, 3.63) is 12.2 Å². The summed E-state index contributed by atoms with van der Waals surface area (Å²) in [4.78, 5) is 38.0. The zero-order valence-electron chi connectivity index (χ0n) is 41.9. The second-order valence-electron chi connectivity index (χ2n) is 18.9. The van der Waals surface area contributed by atoms with Gasteiger partial charge in [0.2, 0.25) is 0 Å². The fraction of sp³-hybridized carbons (Fsp3) is 0.911. The summed E-state index contributed by atoms with van der Waals surface area (Å²) in [6, 6.07) is 0. The fourth-order valence-electron chi connectivity index (χ4n) is 8.32. The number of esters is 3. The number of carbonyl (C=O) groups is 3. The summed E-state index contributed by atoms with van der Waals surface area (Å²) >= 11 is 0. The summed E-state index contributed by atoms with van der Waals surface area (Å²) in [5, 5.41) is 0. The van der Waals surface area contributed by atoms with E-state index in [4.69, 9.17) is 14.2 Å². The second-order valence-corrected chi connectivity index (χ2v) is 18.9. The lowest BCUT2D eigenvalue weighted by molar-refractivity contribution is -0.167. The molecule has 62 heavy (non-hydrogen) atoms. The molecule has 0 radical (unpaired) electrons. The third-order valence-electron chi connectivity index (χ3n) is 12.5. The minimum atomic E-state index is -0.766. The van der Waals surface area contributed by atoms with E-state index in [2.05, 4.69) is 32.9 Å². The van der Waals surface area contributed by atoms with Crippen molar-refractivity contribution in [1.82, 2.24) is 0 Å². The van der Waals surface area contributed by atoms with Gasteiger partial charge in [-0.3, -0.25) is 14.4 Å². The standard InChI is InChI=1S/C56H106O6/c1-4-7-10-13-16-19-22-25-28-31-34-37-40-43-46-49-55(58)61-52-53(51-60-54(57)48-45-42-39-36-33-30-27-24-21-18-15-12-9-6-3)62-56(59)50-47-44-41-38-35-32-29-26-23-20-17-14-11-8-5-2/h25,28,53H,4-24,26-27,29-52H2,1-3H3. The van der Waals surface area contributed by atoms with Crippen LogP contribution in [0.15, 0.2) is 12.2 Å². The molecule has 0 aliphatic heterocycles. The number of unbranched alkanes of at least 4 members (excludes halogenated alkanes) is 38. The Kier molecular flexibility index (Phi) is 50.2. The number of allylic oxidation sites excluding steroid dienone is 2. The van der Waals surface area contributed by atoms with Crippen LogP contribution in [-0.2, 0) is 28.6 Å². The molecule has 0 saturated heterocycles. The van der Waals surface area contributed by atoms with E-state index in [9.17, 15) is 14.4 Å². The topological polar surface area (TPSA) is 78.9 Å². The number of hydrogen-bond donors (Lipinski definition) is 0. The molecule has 366 valence electrons. The van der Waals surface area contributed by atoms with Gasteiger partial charge in [0, 0.05) is 19.3 Å². The van der Waals surface area contributed by atoms with Gasteiger partial charge >= 0.3 is 17.9 Å². The Morgan fingerprint density at radius 2 is 0.532 bits per heavy atom. The van der Waals surface area contributed by atoms with Gasteiger partial charge in [-0.1, -0.05) is 258 Å². The monoisotopic (exact) mass is 875 g/mol. The van der Waals surface area contributed by atoms with Crippen LogP contribution in [0, 0.1) is 0 Å². The molecule has 0 aromatic rings. The summed E-state index contributed by atoms with van der Waals surface area (Å²) in [5.74, 6) is -0.854. The largest absolute Gasteiger partial charge is 0.462 e. The van der Waals surface area contributed by atoms with E-state index in [1.54, 1.807) is 0 Å². The van der Waals surface area contributed by atoms with Crippen LogP contribution in [0.25, 0.3) is 0 Å². The van der Waals surface area contributed by atoms with Crippen LogP contribution in [0.2, 0.25) is 0 Å². The highest BCUT2D eigenvalue weighted by atomic mass is 16.6. The highest BCUT2D eigenvalue weighted by Crippen LogP contribution is 2.17. The molecule has 1 unspecified atom stereocenters. The summed E-state index contributed by atoms with van der Waals surface area (Å²) in [6.07, 6.45) is 57.6. The van der Waals surface area contributed by atoms with Gasteiger partial charge in [0.05, 0.1) is 0 Å². The summed E-state index contributed by atoms with van der Waals surface area (Å²) < 4.78 is 16.8. The van der Waals surface area contributed by atoms with Crippen LogP contribution in [0.1, 0.15) is 310 Å². The fourth-order valence-corrected chi connectivity index (χ4v) is 8.32. The summed E-state index contributed by atoms with van der Waals surface area (Å²) in [5.41, 5.74) is 0. The number of ether oxygens (including phenoxy) is 3. The second kappa shape index (κ2) is 51.8. The molecule has 0 fully saturated rings. The molecule has 1 atom stereocenters. The molecule has 0 amide bonds. The van der Waals surface area contributed by atoms with E-state index in [1.807, 2.05) is 0 Å². The van der Waals surface area contributed by atoms with Crippen LogP contribution in [0.3, 0.4) is 0 Å². The normalized spacial score (nSPS) is 12.0. The van der Waals surface area contributed by atoms with Crippen molar-refractivity contribution in [2.75, 3.05) is 13.2 Å². The number of hydrogen-bond acceptors (Lipinski definition) is 6. The van der Waals surface area contributed by atoms with Crippen molar-refractivity contribution < 1.29 is 28.6 Å². The molecule has 0 N–H and O–H groups in total. The zero-order valence-corrected chi connectivity index (χ0v) is 41.9. The maximum Gasteiger partial charge on any atom is 0.306 e. The van der Waals surface area contributed by atoms with Crippen LogP contribution in [0.4, 0.5) is 0 Å². The Morgan fingerprint density at radius 3 is 0.806 bits per heavy atom. The average molecular weight is 875 g/mol. The Hall–Kier alpha value is -1.85. The Labute approximate surface area is 386 Å².